The summed E-state index contributed by atoms with van der Waals surface area (Å²) >= 11 is 0. The number of likely N-dealkylation sites (N-methyl/N-ethyl adjacent to an activating group) is 1. The molecule has 0 bridgehead atoms. The number of nitrogens with zero attached hydrogens (tertiary/aromatic N) is 1. The van der Waals surface area contributed by atoms with Crippen molar-refractivity contribution in [3.63, 3.8) is 0 Å². The van der Waals surface area contributed by atoms with Crippen LogP contribution in [0.2, 0.25) is 0 Å². The van der Waals surface area contributed by atoms with E-state index < -0.39 is 0 Å². The molecule has 0 aliphatic carbocycles. The number of nitrogens with one attached hydrogen (secondary N) is 2. The average molecular weight is 379 g/mol. The quantitative estimate of drug-likeness (QED) is 0.631. The normalized spacial score (nSPS) is 12.1. The van der Waals surface area contributed by atoms with Crippen LogP contribution in [0.15, 0.2) is 65.3 Å². The zero-order chi connectivity index (χ0) is 19.9. The standard InChI is InChI=1S/C22H25N3O3/c1-25(2)19(20-11-6-12-28-20)14-23-22(27)15-24-21(26)13-17-9-5-8-16-7-3-4-10-18(16)17/h3-12,19H,13-15H2,1-2H3,(H,23,27)(H,24,26)/t19-/m0/s1. The van der Waals surface area contributed by atoms with E-state index in [1.54, 1.807) is 6.26 Å². The minimum absolute atomic E-state index is 0.0537. The molecule has 0 aliphatic rings. The lowest BCUT2D eigenvalue weighted by Crippen LogP contribution is -2.41. The molecule has 1 aromatic heterocycles. The molecule has 0 spiro atoms. The Morgan fingerprint density at radius 2 is 1.75 bits per heavy atom. The van der Waals surface area contributed by atoms with Gasteiger partial charge < -0.3 is 15.1 Å². The molecule has 0 radical (unpaired) electrons. The molecule has 0 aliphatic heterocycles. The molecule has 28 heavy (non-hydrogen) atoms. The van der Waals surface area contributed by atoms with E-state index in [2.05, 4.69) is 10.6 Å². The number of fused-ring (bicyclic) bond motifs is 1. The molecule has 0 fully saturated rings. The van der Waals surface area contributed by atoms with Crippen LogP contribution in [0.25, 0.3) is 10.8 Å². The molecular formula is C22H25N3O3. The first-order valence-electron chi connectivity index (χ1n) is 9.24. The molecule has 0 unspecified atom stereocenters. The van der Waals surface area contributed by atoms with Gasteiger partial charge >= 0.3 is 0 Å². The molecule has 2 N–H and O–H groups in total. The summed E-state index contributed by atoms with van der Waals surface area (Å²) in [7, 11) is 3.84. The van der Waals surface area contributed by atoms with E-state index in [1.807, 2.05) is 73.6 Å². The number of carbonyl (C=O) groups excluding carboxylic acids is 2. The zero-order valence-electron chi connectivity index (χ0n) is 16.1. The molecule has 3 aromatic rings. The van der Waals surface area contributed by atoms with Crippen molar-refractivity contribution >= 4 is 22.6 Å². The second kappa shape index (κ2) is 9.19. The number of hydrogen-bond donors (Lipinski definition) is 2. The number of benzene rings is 2. The highest BCUT2D eigenvalue weighted by Crippen LogP contribution is 2.19. The largest absolute Gasteiger partial charge is 0.468 e. The van der Waals surface area contributed by atoms with E-state index >= 15 is 0 Å². The molecule has 1 heterocycles. The van der Waals surface area contributed by atoms with Crippen molar-refractivity contribution in [3.8, 4) is 0 Å². The molecule has 0 saturated carbocycles. The number of hydrogen-bond acceptors (Lipinski definition) is 4. The van der Waals surface area contributed by atoms with Crippen molar-refractivity contribution in [2.24, 2.45) is 0 Å². The maximum absolute atomic E-state index is 12.3. The van der Waals surface area contributed by atoms with E-state index in [0.29, 0.717) is 6.54 Å². The zero-order valence-corrected chi connectivity index (χ0v) is 16.1. The van der Waals surface area contributed by atoms with Gasteiger partial charge in [-0.15, -0.1) is 0 Å². The van der Waals surface area contributed by atoms with Crippen molar-refractivity contribution in [1.29, 1.82) is 0 Å². The first-order chi connectivity index (χ1) is 13.5. The fraction of sp³-hybridized carbons (Fsp3) is 0.273. The van der Waals surface area contributed by atoms with E-state index in [4.69, 9.17) is 4.42 Å². The van der Waals surface area contributed by atoms with Gasteiger partial charge in [0, 0.05) is 6.54 Å². The molecule has 3 rings (SSSR count). The monoisotopic (exact) mass is 379 g/mol. The summed E-state index contributed by atoms with van der Waals surface area (Å²) in [6.45, 7) is 0.348. The molecule has 6 nitrogen and oxygen atoms in total. The Morgan fingerprint density at radius 1 is 0.964 bits per heavy atom. The van der Waals surface area contributed by atoms with Crippen molar-refractivity contribution in [2.75, 3.05) is 27.2 Å². The van der Waals surface area contributed by atoms with Crippen LogP contribution in [0.1, 0.15) is 17.4 Å². The SMILES string of the molecule is CN(C)[C@@H](CNC(=O)CNC(=O)Cc1cccc2ccccc12)c1ccco1. The average Bonchev–Trinajstić information content (AvgIpc) is 3.21. The van der Waals surface area contributed by atoms with Crippen LogP contribution >= 0.6 is 0 Å². The van der Waals surface area contributed by atoms with Crippen LogP contribution in [0.3, 0.4) is 0 Å². The maximum Gasteiger partial charge on any atom is 0.239 e. The van der Waals surface area contributed by atoms with Crippen LogP contribution < -0.4 is 10.6 Å². The molecule has 6 heteroatoms. The third kappa shape index (κ3) is 4.98. The lowest BCUT2D eigenvalue weighted by Gasteiger charge is -2.22. The Balaban J connectivity index is 1.49. The second-order valence-corrected chi connectivity index (χ2v) is 6.89. The van der Waals surface area contributed by atoms with Crippen LogP contribution in [0.5, 0.6) is 0 Å². The van der Waals surface area contributed by atoms with E-state index in [-0.39, 0.29) is 30.8 Å². The van der Waals surface area contributed by atoms with Gasteiger partial charge in [-0.2, -0.15) is 0 Å². The second-order valence-electron chi connectivity index (χ2n) is 6.89. The maximum atomic E-state index is 12.3. The summed E-state index contributed by atoms with van der Waals surface area (Å²) in [5.41, 5.74) is 0.946. The van der Waals surface area contributed by atoms with Gasteiger partial charge in [-0.25, -0.2) is 0 Å². The fourth-order valence-corrected chi connectivity index (χ4v) is 3.15. The molecule has 146 valence electrons. The Labute approximate surface area is 164 Å². The van der Waals surface area contributed by atoms with Gasteiger partial charge in [-0.1, -0.05) is 42.5 Å². The summed E-state index contributed by atoms with van der Waals surface area (Å²) in [6.07, 6.45) is 1.85. The van der Waals surface area contributed by atoms with E-state index in [1.165, 1.54) is 0 Å². The summed E-state index contributed by atoms with van der Waals surface area (Å²) < 4.78 is 5.43. The van der Waals surface area contributed by atoms with Gasteiger partial charge in [0.15, 0.2) is 0 Å². The number of amides is 2. The smallest absolute Gasteiger partial charge is 0.239 e. The number of rotatable bonds is 8. The summed E-state index contributed by atoms with van der Waals surface area (Å²) in [4.78, 5) is 26.4. The molecule has 1 atom stereocenters. The summed E-state index contributed by atoms with van der Waals surface area (Å²) in [5.74, 6) is 0.372. The first-order valence-corrected chi connectivity index (χ1v) is 9.24. The van der Waals surface area contributed by atoms with Crippen LogP contribution in [0.4, 0.5) is 0 Å². The minimum Gasteiger partial charge on any atom is -0.468 e. The Bertz CT molecular complexity index is 930. The fourth-order valence-electron chi connectivity index (χ4n) is 3.15. The number of carbonyl (C=O) groups is 2. The van der Waals surface area contributed by atoms with Crippen LogP contribution in [-0.2, 0) is 16.0 Å². The Kier molecular flexibility index (Phi) is 6.45. The van der Waals surface area contributed by atoms with Crippen molar-refractivity contribution in [1.82, 2.24) is 15.5 Å². The summed E-state index contributed by atoms with van der Waals surface area (Å²) in [5, 5.41) is 7.69. The highest BCUT2D eigenvalue weighted by Gasteiger charge is 2.18. The third-order valence-corrected chi connectivity index (χ3v) is 4.66. The van der Waals surface area contributed by atoms with E-state index in [0.717, 1.165) is 22.1 Å². The van der Waals surface area contributed by atoms with Crippen molar-refractivity contribution in [2.45, 2.75) is 12.5 Å². The lowest BCUT2D eigenvalue weighted by molar-refractivity contribution is -0.125. The lowest BCUT2D eigenvalue weighted by atomic mass is 10.0. The molecular weight excluding hydrogens is 354 g/mol. The third-order valence-electron chi connectivity index (χ3n) is 4.66. The van der Waals surface area contributed by atoms with Crippen LogP contribution in [-0.4, -0.2) is 43.9 Å². The van der Waals surface area contributed by atoms with Gasteiger partial charge in [-0.05, 0) is 42.6 Å². The molecule has 2 aromatic carbocycles. The predicted molar refractivity (Wildman–Crippen MR) is 109 cm³/mol. The topological polar surface area (TPSA) is 74.6 Å². The van der Waals surface area contributed by atoms with Gasteiger partial charge in [-0.3, -0.25) is 14.5 Å². The van der Waals surface area contributed by atoms with Crippen LogP contribution in [0, 0.1) is 0 Å². The highest BCUT2D eigenvalue weighted by molar-refractivity contribution is 5.91. The number of furan rings is 1. The minimum atomic E-state index is -0.232. The van der Waals surface area contributed by atoms with E-state index in [9.17, 15) is 9.59 Å². The molecule has 0 saturated heterocycles. The highest BCUT2D eigenvalue weighted by atomic mass is 16.3. The van der Waals surface area contributed by atoms with Crippen molar-refractivity contribution in [3.05, 3.63) is 72.2 Å². The van der Waals surface area contributed by atoms with Gasteiger partial charge in [0.25, 0.3) is 0 Å². The first kappa shape index (κ1) is 19.6. The molecule has 2 amide bonds. The van der Waals surface area contributed by atoms with Gasteiger partial charge in [0.05, 0.1) is 25.3 Å². The Morgan fingerprint density at radius 3 is 2.50 bits per heavy atom. The predicted octanol–water partition coefficient (Wildman–Crippen LogP) is 2.51. The summed E-state index contributed by atoms with van der Waals surface area (Å²) in [6, 6.07) is 17.5. The van der Waals surface area contributed by atoms with Gasteiger partial charge in [0.1, 0.15) is 5.76 Å². The Hall–Kier alpha value is -3.12. The van der Waals surface area contributed by atoms with Gasteiger partial charge in [0.2, 0.25) is 11.8 Å². The van der Waals surface area contributed by atoms with Crippen molar-refractivity contribution < 1.29 is 14.0 Å².